The molecule has 0 amide bonds. The summed E-state index contributed by atoms with van der Waals surface area (Å²) in [6.45, 7) is 0. The lowest BCUT2D eigenvalue weighted by Gasteiger charge is -2.11. The third-order valence-corrected chi connectivity index (χ3v) is 4.48. The molecular weight excluding hydrogens is 346 g/mol. The Morgan fingerprint density at radius 2 is 1.92 bits per heavy atom. The Morgan fingerprint density at radius 1 is 0.962 bits per heavy atom. The molecule has 0 aliphatic rings. The van der Waals surface area contributed by atoms with E-state index in [1.54, 1.807) is 25.7 Å². The van der Waals surface area contributed by atoms with Crippen LogP contribution in [0, 0.1) is 0 Å². The van der Waals surface area contributed by atoms with Gasteiger partial charge in [0, 0.05) is 29.5 Å². The zero-order valence-corrected chi connectivity index (χ0v) is 14.8. The van der Waals surface area contributed by atoms with Crippen LogP contribution in [-0.4, -0.2) is 27.0 Å². The number of thiazole rings is 1. The lowest BCUT2D eigenvalue weighted by molar-refractivity contribution is 0.415. The van der Waals surface area contributed by atoms with Crippen LogP contribution in [0.25, 0.3) is 22.0 Å². The van der Waals surface area contributed by atoms with E-state index in [0.29, 0.717) is 17.4 Å². The van der Waals surface area contributed by atoms with Crippen molar-refractivity contribution >= 4 is 23.0 Å². The van der Waals surface area contributed by atoms with E-state index in [4.69, 9.17) is 4.74 Å². The van der Waals surface area contributed by atoms with E-state index in [1.165, 1.54) is 11.3 Å². The third kappa shape index (κ3) is 3.38. The van der Waals surface area contributed by atoms with Crippen LogP contribution in [0.4, 0.5) is 11.6 Å². The molecule has 0 aromatic carbocycles. The monoisotopic (exact) mass is 361 g/mol. The van der Waals surface area contributed by atoms with Crippen molar-refractivity contribution in [3.63, 3.8) is 0 Å². The van der Waals surface area contributed by atoms with Crippen LogP contribution in [0.15, 0.2) is 66.4 Å². The molecule has 0 saturated heterocycles. The Labute approximate surface area is 154 Å². The van der Waals surface area contributed by atoms with Gasteiger partial charge in [-0.15, -0.1) is 11.3 Å². The molecule has 0 bridgehead atoms. The fraction of sp³-hybridized carbons (Fsp3) is 0.0526. The van der Waals surface area contributed by atoms with Crippen molar-refractivity contribution < 1.29 is 4.74 Å². The lowest BCUT2D eigenvalue weighted by Crippen LogP contribution is -2.01. The summed E-state index contributed by atoms with van der Waals surface area (Å²) in [6, 6.07) is 13.4. The second kappa shape index (κ2) is 7.28. The Morgan fingerprint density at radius 3 is 2.69 bits per heavy atom. The Kier molecular flexibility index (Phi) is 4.53. The Balaban J connectivity index is 1.68. The van der Waals surface area contributed by atoms with E-state index >= 15 is 0 Å². The highest BCUT2D eigenvalue weighted by Gasteiger charge is 2.11. The zero-order valence-electron chi connectivity index (χ0n) is 14.0. The standard InChI is InChI=1S/C19H15N5OS/c1-25-16-8-7-15(19-21-10-11-26-19)23-18(16)24-17-6-2-5-14(22-17)13-4-3-9-20-12-13/h2-12H,1H3,(H,22,23,24). The maximum absolute atomic E-state index is 5.42. The van der Waals surface area contributed by atoms with E-state index in [0.717, 1.165) is 22.0 Å². The molecule has 4 rings (SSSR count). The lowest BCUT2D eigenvalue weighted by atomic mass is 10.2. The zero-order chi connectivity index (χ0) is 17.8. The minimum atomic E-state index is 0.594. The topological polar surface area (TPSA) is 72.8 Å². The van der Waals surface area contributed by atoms with Crippen LogP contribution >= 0.6 is 11.3 Å². The second-order valence-corrected chi connectivity index (χ2v) is 6.25. The van der Waals surface area contributed by atoms with E-state index in [9.17, 15) is 0 Å². The number of nitrogens with zero attached hydrogens (tertiary/aromatic N) is 4. The molecule has 0 radical (unpaired) electrons. The summed E-state index contributed by atoms with van der Waals surface area (Å²) in [4.78, 5) is 17.7. The highest BCUT2D eigenvalue weighted by Crippen LogP contribution is 2.30. The maximum atomic E-state index is 5.42. The summed E-state index contributed by atoms with van der Waals surface area (Å²) >= 11 is 1.54. The molecule has 0 fully saturated rings. The fourth-order valence-electron chi connectivity index (χ4n) is 2.47. The Hall–Kier alpha value is -3.32. The molecule has 128 valence electrons. The number of rotatable bonds is 5. The van der Waals surface area contributed by atoms with Crippen LogP contribution in [0.2, 0.25) is 0 Å². The van der Waals surface area contributed by atoms with Gasteiger partial charge in [0.05, 0.1) is 12.8 Å². The van der Waals surface area contributed by atoms with E-state index in [1.807, 2.05) is 47.8 Å². The molecule has 0 atom stereocenters. The van der Waals surface area contributed by atoms with Crippen molar-refractivity contribution in [2.24, 2.45) is 0 Å². The largest absolute Gasteiger partial charge is 0.493 e. The van der Waals surface area contributed by atoms with Crippen LogP contribution in [0.3, 0.4) is 0 Å². The van der Waals surface area contributed by atoms with Gasteiger partial charge in [-0.2, -0.15) is 0 Å². The summed E-state index contributed by atoms with van der Waals surface area (Å²) in [6.07, 6.45) is 5.29. The number of anilines is 2. The summed E-state index contributed by atoms with van der Waals surface area (Å²) in [5.41, 5.74) is 2.57. The van der Waals surface area contributed by atoms with Crippen molar-refractivity contribution in [2.45, 2.75) is 0 Å². The normalized spacial score (nSPS) is 10.5. The van der Waals surface area contributed by atoms with Gasteiger partial charge in [0.25, 0.3) is 0 Å². The molecule has 7 heteroatoms. The smallest absolute Gasteiger partial charge is 0.175 e. The van der Waals surface area contributed by atoms with Crippen molar-refractivity contribution in [2.75, 3.05) is 12.4 Å². The van der Waals surface area contributed by atoms with E-state index in [2.05, 4.69) is 25.3 Å². The first-order chi connectivity index (χ1) is 12.8. The van der Waals surface area contributed by atoms with Crippen molar-refractivity contribution in [1.29, 1.82) is 0 Å². The number of aromatic nitrogens is 4. The maximum Gasteiger partial charge on any atom is 0.175 e. The quantitative estimate of drug-likeness (QED) is 0.567. The predicted octanol–water partition coefficient (Wildman–Crippen LogP) is 4.41. The van der Waals surface area contributed by atoms with Crippen LogP contribution in [0.5, 0.6) is 5.75 Å². The number of methoxy groups -OCH3 is 1. The molecule has 1 N–H and O–H groups in total. The van der Waals surface area contributed by atoms with Gasteiger partial charge < -0.3 is 10.1 Å². The van der Waals surface area contributed by atoms with Crippen molar-refractivity contribution in [3.8, 4) is 27.7 Å². The molecule has 6 nitrogen and oxygen atoms in total. The van der Waals surface area contributed by atoms with Gasteiger partial charge >= 0.3 is 0 Å². The molecule has 0 spiro atoms. The molecule has 0 aliphatic carbocycles. The van der Waals surface area contributed by atoms with Crippen molar-refractivity contribution in [3.05, 3.63) is 66.4 Å². The molecular formula is C19H15N5OS. The first-order valence-corrected chi connectivity index (χ1v) is 8.81. The number of pyridine rings is 3. The van der Waals surface area contributed by atoms with Crippen LogP contribution in [-0.2, 0) is 0 Å². The number of hydrogen-bond donors (Lipinski definition) is 1. The van der Waals surface area contributed by atoms with Gasteiger partial charge in [-0.25, -0.2) is 15.0 Å². The molecule has 0 saturated carbocycles. The highest BCUT2D eigenvalue weighted by molar-refractivity contribution is 7.13. The average Bonchev–Trinajstić information content (AvgIpc) is 3.24. The minimum absolute atomic E-state index is 0.594. The summed E-state index contributed by atoms with van der Waals surface area (Å²) in [5.74, 6) is 1.91. The molecule has 0 aliphatic heterocycles. The van der Waals surface area contributed by atoms with Crippen molar-refractivity contribution in [1.82, 2.24) is 19.9 Å². The number of hydrogen-bond acceptors (Lipinski definition) is 7. The SMILES string of the molecule is COc1ccc(-c2nccs2)nc1Nc1cccc(-c2cccnc2)n1. The third-order valence-electron chi connectivity index (χ3n) is 3.68. The van der Waals surface area contributed by atoms with Gasteiger partial charge in [0.2, 0.25) is 0 Å². The van der Waals surface area contributed by atoms with Gasteiger partial charge in [0.15, 0.2) is 11.6 Å². The average molecular weight is 361 g/mol. The van der Waals surface area contributed by atoms with E-state index < -0.39 is 0 Å². The molecule has 4 aromatic rings. The highest BCUT2D eigenvalue weighted by atomic mass is 32.1. The predicted molar refractivity (Wildman–Crippen MR) is 103 cm³/mol. The molecule has 0 unspecified atom stereocenters. The minimum Gasteiger partial charge on any atom is -0.493 e. The second-order valence-electron chi connectivity index (χ2n) is 5.36. The molecule has 4 aromatic heterocycles. The Bertz CT molecular complexity index is 1010. The molecule has 26 heavy (non-hydrogen) atoms. The summed E-state index contributed by atoms with van der Waals surface area (Å²) < 4.78 is 5.42. The number of nitrogens with one attached hydrogen (secondary N) is 1. The van der Waals surface area contributed by atoms with Crippen LogP contribution < -0.4 is 10.1 Å². The van der Waals surface area contributed by atoms with Gasteiger partial charge in [-0.3, -0.25) is 4.98 Å². The van der Waals surface area contributed by atoms with Gasteiger partial charge in [-0.1, -0.05) is 6.07 Å². The van der Waals surface area contributed by atoms with Gasteiger partial charge in [0.1, 0.15) is 16.5 Å². The summed E-state index contributed by atoms with van der Waals surface area (Å²) in [5, 5.41) is 6.02. The molecule has 4 heterocycles. The fourth-order valence-corrected chi connectivity index (χ4v) is 3.08. The first-order valence-electron chi connectivity index (χ1n) is 7.93. The first kappa shape index (κ1) is 16.2. The van der Waals surface area contributed by atoms with Gasteiger partial charge in [-0.05, 0) is 36.4 Å². The van der Waals surface area contributed by atoms with Crippen LogP contribution in [0.1, 0.15) is 0 Å². The number of ether oxygens (including phenoxy) is 1. The summed E-state index contributed by atoms with van der Waals surface area (Å²) in [7, 11) is 1.62. The van der Waals surface area contributed by atoms with E-state index in [-0.39, 0.29) is 0 Å².